The Hall–Kier alpha value is -2.63. The van der Waals surface area contributed by atoms with Crippen molar-refractivity contribution < 1.29 is 9.32 Å². The summed E-state index contributed by atoms with van der Waals surface area (Å²) >= 11 is 0. The van der Waals surface area contributed by atoms with Gasteiger partial charge in [-0.25, -0.2) is 0 Å². The molecule has 1 atom stereocenters. The second kappa shape index (κ2) is 6.02. The van der Waals surface area contributed by atoms with Crippen molar-refractivity contribution in [2.75, 3.05) is 6.54 Å². The highest BCUT2D eigenvalue weighted by Gasteiger charge is 2.34. The number of H-pyrrole nitrogens is 1. The SMILES string of the molecule is CCc1nc([C@@H]2CCCN2C(=O)c2ccc3[nH]c(C)c(C)c3c2)no1. The first kappa shape index (κ1) is 15.9. The van der Waals surface area contributed by atoms with E-state index in [4.69, 9.17) is 4.52 Å². The summed E-state index contributed by atoms with van der Waals surface area (Å²) in [5.41, 5.74) is 4.10. The van der Waals surface area contributed by atoms with Crippen LogP contribution in [0.25, 0.3) is 10.9 Å². The van der Waals surface area contributed by atoms with Gasteiger partial charge in [0, 0.05) is 35.1 Å². The fourth-order valence-electron chi connectivity index (χ4n) is 3.59. The maximum absolute atomic E-state index is 13.1. The van der Waals surface area contributed by atoms with Gasteiger partial charge in [-0.05, 0) is 50.5 Å². The molecular weight excluding hydrogens is 316 g/mol. The number of fused-ring (bicyclic) bond motifs is 1. The van der Waals surface area contributed by atoms with Crippen molar-refractivity contribution in [1.29, 1.82) is 0 Å². The zero-order valence-electron chi connectivity index (χ0n) is 14.8. The fourth-order valence-corrected chi connectivity index (χ4v) is 3.59. The molecule has 1 N–H and O–H groups in total. The zero-order valence-corrected chi connectivity index (χ0v) is 14.8. The number of likely N-dealkylation sites (tertiary alicyclic amines) is 1. The van der Waals surface area contributed by atoms with E-state index in [9.17, 15) is 4.79 Å². The molecule has 1 saturated heterocycles. The molecule has 3 heterocycles. The number of aromatic amines is 1. The van der Waals surface area contributed by atoms with Gasteiger partial charge in [0.05, 0.1) is 6.04 Å². The molecule has 25 heavy (non-hydrogen) atoms. The van der Waals surface area contributed by atoms with Crippen molar-refractivity contribution in [3.63, 3.8) is 0 Å². The third-order valence-corrected chi connectivity index (χ3v) is 5.15. The van der Waals surface area contributed by atoms with Crippen LogP contribution in [-0.2, 0) is 6.42 Å². The van der Waals surface area contributed by atoms with Gasteiger partial charge in [-0.2, -0.15) is 4.98 Å². The molecule has 4 rings (SSSR count). The van der Waals surface area contributed by atoms with E-state index >= 15 is 0 Å². The fraction of sp³-hybridized carbons (Fsp3) is 0.421. The van der Waals surface area contributed by atoms with Crippen LogP contribution in [0.4, 0.5) is 0 Å². The number of carbonyl (C=O) groups excluding carboxylic acids is 1. The van der Waals surface area contributed by atoms with Crippen LogP contribution < -0.4 is 0 Å². The Bertz CT molecular complexity index is 940. The predicted octanol–water partition coefficient (Wildman–Crippen LogP) is 3.71. The zero-order chi connectivity index (χ0) is 17.6. The summed E-state index contributed by atoms with van der Waals surface area (Å²) < 4.78 is 5.23. The van der Waals surface area contributed by atoms with Gasteiger partial charge < -0.3 is 14.4 Å². The van der Waals surface area contributed by atoms with E-state index in [0.717, 1.165) is 36.0 Å². The molecular formula is C19H22N4O2. The maximum atomic E-state index is 13.1. The van der Waals surface area contributed by atoms with Gasteiger partial charge in [0.25, 0.3) is 5.91 Å². The summed E-state index contributed by atoms with van der Waals surface area (Å²) in [6, 6.07) is 5.76. The molecule has 2 aromatic heterocycles. The Labute approximate surface area is 146 Å². The van der Waals surface area contributed by atoms with Crippen LogP contribution in [0.3, 0.4) is 0 Å². The minimum atomic E-state index is -0.0960. The van der Waals surface area contributed by atoms with E-state index in [2.05, 4.69) is 29.0 Å². The number of nitrogens with one attached hydrogen (secondary N) is 1. The topological polar surface area (TPSA) is 75.0 Å². The van der Waals surface area contributed by atoms with Crippen molar-refractivity contribution in [1.82, 2.24) is 20.0 Å². The summed E-state index contributed by atoms with van der Waals surface area (Å²) in [7, 11) is 0. The number of hydrogen-bond donors (Lipinski definition) is 1. The summed E-state index contributed by atoms with van der Waals surface area (Å²) in [5.74, 6) is 1.28. The van der Waals surface area contributed by atoms with Crippen LogP contribution in [-0.4, -0.2) is 32.5 Å². The Morgan fingerprint density at radius 1 is 1.40 bits per heavy atom. The maximum Gasteiger partial charge on any atom is 0.254 e. The van der Waals surface area contributed by atoms with E-state index in [1.807, 2.05) is 30.0 Å². The number of hydrogen-bond acceptors (Lipinski definition) is 4. The molecule has 0 bridgehead atoms. The predicted molar refractivity (Wildman–Crippen MR) is 94.5 cm³/mol. The van der Waals surface area contributed by atoms with Crippen LogP contribution >= 0.6 is 0 Å². The monoisotopic (exact) mass is 338 g/mol. The van der Waals surface area contributed by atoms with E-state index in [-0.39, 0.29) is 11.9 Å². The molecule has 1 aliphatic rings. The van der Waals surface area contributed by atoms with Crippen LogP contribution in [0.2, 0.25) is 0 Å². The second-order valence-corrected chi connectivity index (χ2v) is 6.69. The molecule has 1 aromatic carbocycles. The van der Waals surface area contributed by atoms with E-state index < -0.39 is 0 Å². The van der Waals surface area contributed by atoms with Gasteiger partial charge >= 0.3 is 0 Å². The van der Waals surface area contributed by atoms with Crippen LogP contribution in [0.1, 0.15) is 59.1 Å². The normalized spacial score (nSPS) is 17.6. The molecule has 0 spiro atoms. The van der Waals surface area contributed by atoms with E-state index in [1.165, 1.54) is 5.56 Å². The summed E-state index contributed by atoms with van der Waals surface area (Å²) in [4.78, 5) is 22.8. The number of benzene rings is 1. The minimum Gasteiger partial charge on any atom is -0.358 e. The Morgan fingerprint density at radius 2 is 2.24 bits per heavy atom. The van der Waals surface area contributed by atoms with Crippen molar-refractivity contribution >= 4 is 16.8 Å². The first-order chi connectivity index (χ1) is 12.1. The number of carbonyl (C=O) groups is 1. The standard InChI is InChI=1S/C19H22N4O2/c1-4-17-21-18(22-25-17)16-6-5-9-23(16)19(24)13-7-8-15-14(10-13)11(2)12(3)20-15/h7-8,10,16,20H,4-6,9H2,1-3H3/t16-/m0/s1. The second-order valence-electron chi connectivity index (χ2n) is 6.69. The van der Waals surface area contributed by atoms with Crippen molar-refractivity contribution in [3.05, 3.63) is 46.7 Å². The number of amides is 1. The lowest BCUT2D eigenvalue weighted by Crippen LogP contribution is -2.31. The lowest BCUT2D eigenvalue weighted by Gasteiger charge is -2.22. The molecule has 3 aromatic rings. The molecule has 0 aliphatic carbocycles. The molecule has 0 saturated carbocycles. The largest absolute Gasteiger partial charge is 0.358 e. The molecule has 0 radical (unpaired) electrons. The van der Waals surface area contributed by atoms with Crippen LogP contribution in [0.15, 0.2) is 22.7 Å². The van der Waals surface area contributed by atoms with Gasteiger partial charge in [-0.3, -0.25) is 4.79 Å². The third-order valence-electron chi connectivity index (χ3n) is 5.15. The average Bonchev–Trinajstić information content (AvgIpc) is 3.33. The molecule has 130 valence electrons. The van der Waals surface area contributed by atoms with Crippen molar-refractivity contribution in [3.8, 4) is 0 Å². The lowest BCUT2D eigenvalue weighted by molar-refractivity contribution is 0.0728. The van der Waals surface area contributed by atoms with Crippen molar-refractivity contribution in [2.24, 2.45) is 0 Å². The van der Waals surface area contributed by atoms with Crippen LogP contribution in [0, 0.1) is 13.8 Å². The van der Waals surface area contributed by atoms with Gasteiger partial charge in [0.15, 0.2) is 5.82 Å². The number of aromatic nitrogens is 3. The number of rotatable bonds is 3. The Kier molecular flexibility index (Phi) is 3.82. The van der Waals surface area contributed by atoms with Crippen molar-refractivity contribution in [2.45, 2.75) is 46.1 Å². The highest BCUT2D eigenvalue weighted by Crippen LogP contribution is 2.32. The Balaban J connectivity index is 1.66. The Morgan fingerprint density at radius 3 is 3.00 bits per heavy atom. The molecule has 6 heteroatoms. The van der Waals surface area contributed by atoms with E-state index in [0.29, 0.717) is 23.7 Å². The molecule has 6 nitrogen and oxygen atoms in total. The minimum absolute atomic E-state index is 0.0329. The smallest absolute Gasteiger partial charge is 0.254 e. The molecule has 1 fully saturated rings. The van der Waals surface area contributed by atoms with Gasteiger partial charge in [0.1, 0.15) is 0 Å². The number of aryl methyl sites for hydroxylation is 3. The van der Waals surface area contributed by atoms with Gasteiger partial charge in [-0.1, -0.05) is 12.1 Å². The van der Waals surface area contributed by atoms with E-state index in [1.54, 1.807) is 0 Å². The summed E-state index contributed by atoms with van der Waals surface area (Å²) in [6.45, 7) is 6.83. The first-order valence-corrected chi connectivity index (χ1v) is 8.81. The first-order valence-electron chi connectivity index (χ1n) is 8.81. The summed E-state index contributed by atoms with van der Waals surface area (Å²) in [5, 5.41) is 5.18. The highest BCUT2D eigenvalue weighted by molar-refractivity contribution is 5.99. The van der Waals surface area contributed by atoms with Gasteiger partial charge in [-0.15, -0.1) is 0 Å². The summed E-state index contributed by atoms with van der Waals surface area (Å²) in [6.07, 6.45) is 2.53. The third kappa shape index (κ3) is 2.62. The number of nitrogens with zero attached hydrogens (tertiary/aromatic N) is 3. The molecule has 1 aliphatic heterocycles. The average molecular weight is 338 g/mol. The quantitative estimate of drug-likeness (QED) is 0.790. The lowest BCUT2D eigenvalue weighted by atomic mass is 10.1. The molecule has 0 unspecified atom stereocenters. The van der Waals surface area contributed by atoms with Gasteiger partial charge in [0.2, 0.25) is 5.89 Å². The van der Waals surface area contributed by atoms with Crippen LogP contribution in [0.5, 0.6) is 0 Å². The molecule has 1 amide bonds. The highest BCUT2D eigenvalue weighted by atomic mass is 16.5.